The Balaban J connectivity index is 2.93. The summed E-state index contributed by atoms with van der Waals surface area (Å²) in [5.41, 5.74) is 2.43. The third-order valence-electron chi connectivity index (χ3n) is 2.77. The predicted molar refractivity (Wildman–Crippen MR) is 68.0 cm³/mol. The van der Waals surface area contributed by atoms with Gasteiger partial charge in [-0.1, -0.05) is 0 Å². The van der Waals surface area contributed by atoms with Gasteiger partial charge in [-0.3, -0.25) is 9.59 Å². The lowest BCUT2D eigenvalue weighted by molar-refractivity contribution is -0.141. The van der Waals surface area contributed by atoms with Gasteiger partial charge in [-0.25, -0.2) is 0 Å². The highest BCUT2D eigenvalue weighted by molar-refractivity contribution is 6.06. The van der Waals surface area contributed by atoms with E-state index in [2.05, 4.69) is 0 Å². The van der Waals surface area contributed by atoms with Gasteiger partial charge in [0.15, 0.2) is 5.78 Å². The molecule has 4 heteroatoms. The monoisotopic (exact) mass is 250 g/mol. The zero-order valence-electron chi connectivity index (χ0n) is 11.2. The fraction of sp³-hybridized carbons (Fsp3) is 0.429. The number of benzene rings is 1. The van der Waals surface area contributed by atoms with E-state index in [1.807, 2.05) is 13.8 Å². The first-order valence-corrected chi connectivity index (χ1v) is 5.83. The molecule has 0 saturated carbocycles. The van der Waals surface area contributed by atoms with E-state index in [4.69, 9.17) is 9.47 Å². The van der Waals surface area contributed by atoms with E-state index < -0.39 is 5.97 Å². The molecule has 0 unspecified atom stereocenters. The van der Waals surface area contributed by atoms with E-state index in [0.717, 1.165) is 11.1 Å². The van der Waals surface area contributed by atoms with E-state index in [0.29, 0.717) is 11.3 Å². The molecule has 0 spiro atoms. The van der Waals surface area contributed by atoms with Crippen molar-refractivity contribution < 1.29 is 19.1 Å². The van der Waals surface area contributed by atoms with Crippen LogP contribution in [0.25, 0.3) is 0 Å². The molecule has 0 aliphatic heterocycles. The molecular formula is C14H18O4. The van der Waals surface area contributed by atoms with Crippen molar-refractivity contribution in [1.82, 2.24) is 0 Å². The molecule has 0 aromatic heterocycles. The fourth-order valence-corrected chi connectivity index (χ4v) is 1.65. The first-order chi connectivity index (χ1) is 8.49. The van der Waals surface area contributed by atoms with Crippen molar-refractivity contribution >= 4 is 11.8 Å². The van der Waals surface area contributed by atoms with Gasteiger partial charge in [0.25, 0.3) is 0 Å². The number of Topliss-reactive ketones (excluding diaryl/α,β-unsaturated/α-hetero) is 1. The highest BCUT2D eigenvalue weighted by atomic mass is 16.5. The maximum Gasteiger partial charge on any atom is 0.313 e. The summed E-state index contributed by atoms with van der Waals surface area (Å²) in [6.45, 7) is 5.82. The molecule has 0 amide bonds. The Morgan fingerprint density at radius 1 is 1.22 bits per heavy atom. The summed E-state index contributed by atoms with van der Waals surface area (Å²) in [7, 11) is 1.56. The molecule has 18 heavy (non-hydrogen) atoms. The SMILES string of the molecule is CCOC(=O)CC(=O)c1cc(C)c(C)c(OC)c1. The third-order valence-corrected chi connectivity index (χ3v) is 2.77. The van der Waals surface area contributed by atoms with Gasteiger partial charge in [0.2, 0.25) is 0 Å². The molecular weight excluding hydrogens is 232 g/mol. The Morgan fingerprint density at radius 2 is 1.89 bits per heavy atom. The summed E-state index contributed by atoms with van der Waals surface area (Å²) in [6, 6.07) is 3.42. The summed E-state index contributed by atoms with van der Waals surface area (Å²) in [5, 5.41) is 0. The van der Waals surface area contributed by atoms with E-state index in [1.54, 1.807) is 26.2 Å². The highest BCUT2D eigenvalue weighted by Gasteiger charge is 2.15. The summed E-state index contributed by atoms with van der Waals surface area (Å²) < 4.78 is 9.95. The van der Waals surface area contributed by atoms with Crippen molar-refractivity contribution in [3.8, 4) is 5.75 Å². The van der Waals surface area contributed by atoms with Gasteiger partial charge in [-0.15, -0.1) is 0 Å². The molecule has 1 aromatic carbocycles. The van der Waals surface area contributed by atoms with Crippen molar-refractivity contribution in [2.24, 2.45) is 0 Å². The van der Waals surface area contributed by atoms with E-state index >= 15 is 0 Å². The Bertz CT molecular complexity index is 463. The van der Waals surface area contributed by atoms with Crippen LogP contribution in [0.3, 0.4) is 0 Å². The Hall–Kier alpha value is -1.84. The smallest absolute Gasteiger partial charge is 0.313 e. The number of hydrogen-bond donors (Lipinski definition) is 0. The van der Waals surface area contributed by atoms with Crippen LogP contribution in [-0.2, 0) is 9.53 Å². The minimum Gasteiger partial charge on any atom is -0.496 e. The van der Waals surface area contributed by atoms with Crippen molar-refractivity contribution in [3.63, 3.8) is 0 Å². The lowest BCUT2D eigenvalue weighted by Crippen LogP contribution is -2.12. The number of rotatable bonds is 5. The number of ketones is 1. The number of ether oxygens (including phenoxy) is 2. The largest absolute Gasteiger partial charge is 0.496 e. The van der Waals surface area contributed by atoms with Gasteiger partial charge in [0, 0.05) is 5.56 Å². The highest BCUT2D eigenvalue weighted by Crippen LogP contribution is 2.24. The molecule has 0 bridgehead atoms. The number of hydrogen-bond acceptors (Lipinski definition) is 4. The summed E-state index contributed by atoms with van der Waals surface area (Å²) >= 11 is 0. The maximum atomic E-state index is 11.9. The Morgan fingerprint density at radius 3 is 2.44 bits per heavy atom. The van der Waals surface area contributed by atoms with Gasteiger partial charge in [-0.2, -0.15) is 0 Å². The van der Waals surface area contributed by atoms with Crippen LogP contribution in [0.1, 0.15) is 34.8 Å². The van der Waals surface area contributed by atoms with Crippen LogP contribution in [0.2, 0.25) is 0 Å². The number of esters is 1. The van der Waals surface area contributed by atoms with Crippen LogP contribution in [0, 0.1) is 13.8 Å². The molecule has 1 rings (SSSR count). The molecule has 0 radical (unpaired) electrons. The minimum atomic E-state index is -0.500. The average Bonchev–Trinajstić information content (AvgIpc) is 2.32. The molecule has 0 aliphatic rings. The molecule has 98 valence electrons. The van der Waals surface area contributed by atoms with Gasteiger partial charge in [0.05, 0.1) is 13.7 Å². The van der Waals surface area contributed by atoms with Crippen molar-refractivity contribution in [2.45, 2.75) is 27.2 Å². The van der Waals surface area contributed by atoms with Crippen LogP contribution in [0.5, 0.6) is 5.75 Å². The van der Waals surface area contributed by atoms with Crippen LogP contribution in [0.15, 0.2) is 12.1 Å². The normalized spacial score (nSPS) is 10.0. The van der Waals surface area contributed by atoms with Gasteiger partial charge in [0.1, 0.15) is 12.2 Å². The standard InChI is InChI=1S/C14H18O4/c1-5-18-14(16)8-12(15)11-6-9(2)10(3)13(7-11)17-4/h6-7H,5,8H2,1-4H3. The second-order valence-corrected chi connectivity index (χ2v) is 4.03. The molecule has 0 N–H and O–H groups in total. The van der Waals surface area contributed by atoms with Gasteiger partial charge < -0.3 is 9.47 Å². The van der Waals surface area contributed by atoms with Crippen molar-refractivity contribution in [2.75, 3.05) is 13.7 Å². The van der Waals surface area contributed by atoms with E-state index in [9.17, 15) is 9.59 Å². The topological polar surface area (TPSA) is 52.6 Å². The Kier molecular flexibility index (Phi) is 4.89. The van der Waals surface area contributed by atoms with Crippen LogP contribution in [-0.4, -0.2) is 25.5 Å². The van der Waals surface area contributed by atoms with Gasteiger partial charge >= 0.3 is 5.97 Å². The Labute approximate surface area is 107 Å². The molecule has 0 saturated heterocycles. The zero-order chi connectivity index (χ0) is 13.7. The number of carbonyl (C=O) groups is 2. The zero-order valence-corrected chi connectivity index (χ0v) is 11.2. The van der Waals surface area contributed by atoms with Crippen LogP contribution < -0.4 is 4.74 Å². The van der Waals surface area contributed by atoms with Crippen molar-refractivity contribution in [3.05, 3.63) is 28.8 Å². The first-order valence-electron chi connectivity index (χ1n) is 5.83. The molecule has 0 heterocycles. The molecule has 0 fully saturated rings. The third kappa shape index (κ3) is 3.32. The summed E-state index contributed by atoms with van der Waals surface area (Å²) in [5.74, 6) is -0.100. The molecule has 1 aromatic rings. The van der Waals surface area contributed by atoms with Crippen LogP contribution in [0.4, 0.5) is 0 Å². The van der Waals surface area contributed by atoms with E-state index in [-0.39, 0.29) is 18.8 Å². The average molecular weight is 250 g/mol. The van der Waals surface area contributed by atoms with Crippen LogP contribution >= 0.6 is 0 Å². The number of carbonyl (C=O) groups excluding carboxylic acids is 2. The fourth-order valence-electron chi connectivity index (χ4n) is 1.65. The second kappa shape index (κ2) is 6.19. The second-order valence-electron chi connectivity index (χ2n) is 4.03. The molecule has 0 aliphatic carbocycles. The molecule has 4 nitrogen and oxygen atoms in total. The minimum absolute atomic E-state index is 0.237. The maximum absolute atomic E-state index is 11.9. The lowest BCUT2D eigenvalue weighted by atomic mass is 10.0. The first kappa shape index (κ1) is 14.2. The molecule has 0 atom stereocenters. The summed E-state index contributed by atoms with van der Waals surface area (Å²) in [6.07, 6.45) is -0.237. The van der Waals surface area contributed by atoms with Crippen molar-refractivity contribution in [1.29, 1.82) is 0 Å². The number of methoxy groups -OCH3 is 1. The quantitative estimate of drug-likeness (QED) is 0.457. The van der Waals surface area contributed by atoms with Gasteiger partial charge in [-0.05, 0) is 44.0 Å². The lowest BCUT2D eigenvalue weighted by Gasteiger charge is -2.10. The number of aryl methyl sites for hydroxylation is 1. The predicted octanol–water partition coefficient (Wildman–Crippen LogP) is 2.45. The summed E-state index contributed by atoms with van der Waals surface area (Å²) in [4.78, 5) is 23.2. The van der Waals surface area contributed by atoms with E-state index in [1.165, 1.54) is 0 Å².